The molecule has 1 fully saturated rings. The van der Waals surface area contributed by atoms with Gasteiger partial charge in [-0.05, 0) is 44.7 Å². The van der Waals surface area contributed by atoms with Crippen molar-refractivity contribution in [2.45, 2.75) is 51.2 Å². The zero-order chi connectivity index (χ0) is 16.3. The minimum absolute atomic E-state index is 0.101. The summed E-state index contributed by atoms with van der Waals surface area (Å²) in [6, 6.07) is 7.70. The van der Waals surface area contributed by atoms with Crippen LogP contribution >= 0.6 is 0 Å². The fourth-order valence-electron chi connectivity index (χ4n) is 2.73. The molecule has 0 radical (unpaired) electrons. The second kappa shape index (κ2) is 6.50. The molecular formula is C17H20N2O4. The van der Waals surface area contributed by atoms with E-state index in [-0.39, 0.29) is 12.4 Å². The van der Waals surface area contributed by atoms with Crippen LogP contribution in [-0.2, 0) is 16.1 Å². The SMILES string of the molecule is Cc1ccc(-c2nc(COC(=O)C3(O)CCCCC3)no2)cc1. The maximum absolute atomic E-state index is 12.0. The molecule has 3 rings (SSSR count). The summed E-state index contributed by atoms with van der Waals surface area (Å²) in [6.07, 6.45) is 3.62. The molecule has 1 heterocycles. The van der Waals surface area contributed by atoms with Crippen LogP contribution < -0.4 is 0 Å². The first-order valence-electron chi connectivity index (χ1n) is 7.86. The monoisotopic (exact) mass is 316 g/mol. The first kappa shape index (κ1) is 15.7. The second-order valence-electron chi connectivity index (χ2n) is 6.05. The predicted molar refractivity (Wildman–Crippen MR) is 82.3 cm³/mol. The molecule has 23 heavy (non-hydrogen) atoms. The average molecular weight is 316 g/mol. The molecule has 6 nitrogen and oxygen atoms in total. The Morgan fingerprint density at radius 3 is 2.65 bits per heavy atom. The Hall–Kier alpha value is -2.21. The lowest BCUT2D eigenvalue weighted by molar-refractivity contribution is -0.170. The van der Waals surface area contributed by atoms with Crippen LogP contribution in [0.1, 0.15) is 43.5 Å². The summed E-state index contributed by atoms with van der Waals surface area (Å²) in [5.41, 5.74) is 0.594. The number of aliphatic hydroxyl groups is 1. The average Bonchev–Trinajstić information content (AvgIpc) is 3.03. The highest BCUT2D eigenvalue weighted by molar-refractivity contribution is 5.79. The van der Waals surface area contributed by atoms with Crippen molar-refractivity contribution in [2.24, 2.45) is 0 Å². The van der Waals surface area contributed by atoms with Crippen LogP contribution in [-0.4, -0.2) is 26.8 Å². The van der Waals surface area contributed by atoms with E-state index in [1.165, 1.54) is 0 Å². The Balaban J connectivity index is 1.61. The van der Waals surface area contributed by atoms with Gasteiger partial charge in [-0.25, -0.2) is 4.79 Å². The maximum atomic E-state index is 12.0. The number of hydrogen-bond acceptors (Lipinski definition) is 6. The molecule has 0 aliphatic heterocycles. The quantitative estimate of drug-likeness (QED) is 0.873. The van der Waals surface area contributed by atoms with Gasteiger partial charge in [0.2, 0.25) is 5.82 Å². The summed E-state index contributed by atoms with van der Waals surface area (Å²) < 4.78 is 10.3. The van der Waals surface area contributed by atoms with Gasteiger partial charge in [0.15, 0.2) is 12.2 Å². The van der Waals surface area contributed by atoms with Crippen molar-refractivity contribution >= 4 is 5.97 Å². The number of hydrogen-bond donors (Lipinski definition) is 1. The van der Waals surface area contributed by atoms with E-state index < -0.39 is 11.6 Å². The van der Waals surface area contributed by atoms with Crippen LogP contribution in [0.5, 0.6) is 0 Å². The number of nitrogens with zero attached hydrogens (tertiary/aromatic N) is 2. The van der Waals surface area contributed by atoms with Crippen LogP contribution in [0, 0.1) is 6.92 Å². The number of rotatable bonds is 4. The molecule has 122 valence electrons. The Morgan fingerprint density at radius 2 is 1.96 bits per heavy atom. The molecule has 0 saturated heterocycles. The predicted octanol–water partition coefficient (Wildman–Crippen LogP) is 2.78. The van der Waals surface area contributed by atoms with Gasteiger partial charge >= 0.3 is 5.97 Å². The molecule has 0 amide bonds. The van der Waals surface area contributed by atoms with Crippen LogP contribution in [0.15, 0.2) is 28.8 Å². The lowest BCUT2D eigenvalue weighted by Crippen LogP contribution is -2.41. The molecule has 1 N–H and O–H groups in total. The molecule has 0 unspecified atom stereocenters. The third-order valence-electron chi connectivity index (χ3n) is 4.16. The number of ether oxygens (including phenoxy) is 1. The molecule has 6 heteroatoms. The fourth-order valence-corrected chi connectivity index (χ4v) is 2.73. The largest absolute Gasteiger partial charge is 0.455 e. The summed E-state index contributed by atoms with van der Waals surface area (Å²) >= 11 is 0. The smallest absolute Gasteiger partial charge is 0.338 e. The zero-order valence-corrected chi connectivity index (χ0v) is 13.1. The molecule has 1 aromatic carbocycles. The Bertz CT molecular complexity index is 672. The van der Waals surface area contributed by atoms with Gasteiger partial charge in [-0.15, -0.1) is 0 Å². The molecule has 0 atom stereocenters. The van der Waals surface area contributed by atoms with Gasteiger partial charge in [-0.1, -0.05) is 29.3 Å². The Morgan fingerprint density at radius 1 is 1.26 bits per heavy atom. The van der Waals surface area contributed by atoms with Gasteiger partial charge < -0.3 is 14.4 Å². The van der Waals surface area contributed by atoms with E-state index >= 15 is 0 Å². The fraction of sp³-hybridized carbons (Fsp3) is 0.471. The van der Waals surface area contributed by atoms with Crippen molar-refractivity contribution in [3.8, 4) is 11.5 Å². The maximum Gasteiger partial charge on any atom is 0.338 e. The second-order valence-corrected chi connectivity index (χ2v) is 6.05. The molecule has 1 aromatic heterocycles. The van der Waals surface area contributed by atoms with Gasteiger partial charge in [0, 0.05) is 5.56 Å². The van der Waals surface area contributed by atoms with Crippen molar-refractivity contribution in [2.75, 3.05) is 0 Å². The van der Waals surface area contributed by atoms with E-state index in [9.17, 15) is 9.90 Å². The molecule has 0 spiro atoms. The van der Waals surface area contributed by atoms with Crippen molar-refractivity contribution in [3.05, 3.63) is 35.7 Å². The van der Waals surface area contributed by atoms with E-state index in [4.69, 9.17) is 9.26 Å². The molecule has 1 saturated carbocycles. The van der Waals surface area contributed by atoms with Crippen LogP contribution in [0.3, 0.4) is 0 Å². The van der Waals surface area contributed by atoms with Crippen molar-refractivity contribution in [1.82, 2.24) is 10.1 Å². The standard InChI is InChI=1S/C17H20N2O4/c1-12-5-7-13(8-6-12)15-18-14(19-23-15)11-22-16(20)17(21)9-3-2-4-10-17/h5-8,21H,2-4,9-11H2,1H3. The minimum atomic E-state index is -1.36. The zero-order valence-electron chi connectivity index (χ0n) is 13.1. The van der Waals surface area contributed by atoms with E-state index in [1.54, 1.807) is 0 Å². The number of aromatic nitrogens is 2. The van der Waals surface area contributed by atoms with E-state index in [0.29, 0.717) is 18.7 Å². The van der Waals surface area contributed by atoms with Crippen molar-refractivity contribution in [3.63, 3.8) is 0 Å². The third-order valence-corrected chi connectivity index (χ3v) is 4.16. The van der Waals surface area contributed by atoms with Crippen molar-refractivity contribution in [1.29, 1.82) is 0 Å². The molecule has 0 bridgehead atoms. The van der Waals surface area contributed by atoms with Crippen LogP contribution in [0.2, 0.25) is 0 Å². The van der Waals surface area contributed by atoms with Gasteiger partial charge in [0.1, 0.15) is 0 Å². The normalized spacial score (nSPS) is 17.0. The van der Waals surface area contributed by atoms with Crippen LogP contribution in [0.25, 0.3) is 11.5 Å². The minimum Gasteiger partial charge on any atom is -0.455 e. The Kier molecular flexibility index (Phi) is 4.43. The first-order valence-corrected chi connectivity index (χ1v) is 7.86. The lowest BCUT2D eigenvalue weighted by atomic mass is 9.85. The molecular weight excluding hydrogens is 296 g/mol. The topological polar surface area (TPSA) is 85.5 Å². The lowest BCUT2D eigenvalue weighted by Gasteiger charge is -2.29. The molecule has 2 aromatic rings. The van der Waals surface area contributed by atoms with Gasteiger partial charge in [0.25, 0.3) is 5.89 Å². The number of esters is 1. The number of aryl methyl sites for hydroxylation is 1. The summed E-state index contributed by atoms with van der Waals surface area (Å²) in [7, 11) is 0. The summed E-state index contributed by atoms with van der Waals surface area (Å²) in [4.78, 5) is 16.3. The summed E-state index contributed by atoms with van der Waals surface area (Å²) in [5.74, 6) is 0.0691. The van der Waals surface area contributed by atoms with Crippen molar-refractivity contribution < 1.29 is 19.2 Å². The molecule has 1 aliphatic rings. The Labute approximate surface area is 134 Å². The summed E-state index contributed by atoms with van der Waals surface area (Å²) in [5, 5.41) is 14.1. The van der Waals surface area contributed by atoms with Gasteiger partial charge in [0.05, 0.1) is 0 Å². The van der Waals surface area contributed by atoms with E-state index in [0.717, 1.165) is 30.4 Å². The summed E-state index contributed by atoms with van der Waals surface area (Å²) in [6.45, 7) is 1.90. The number of carbonyl (C=O) groups is 1. The highest BCUT2D eigenvalue weighted by Crippen LogP contribution is 2.29. The number of benzene rings is 1. The highest BCUT2D eigenvalue weighted by Gasteiger charge is 2.38. The highest BCUT2D eigenvalue weighted by atomic mass is 16.6. The van der Waals surface area contributed by atoms with Gasteiger partial charge in [-0.2, -0.15) is 4.98 Å². The van der Waals surface area contributed by atoms with Gasteiger partial charge in [-0.3, -0.25) is 0 Å². The number of carbonyl (C=O) groups excluding carboxylic acids is 1. The van der Waals surface area contributed by atoms with E-state index in [2.05, 4.69) is 10.1 Å². The van der Waals surface area contributed by atoms with Crippen LogP contribution in [0.4, 0.5) is 0 Å². The van der Waals surface area contributed by atoms with E-state index in [1.807, 2.05) is 31.2 Å². The molecule has 1 aliphatic carbocycles. The third kappa shape index (κ3) is 3.59. The first-order chi connectivity index (χ1) is 11.1.